The third-order valence-electron chi connectivity index (χ3n) is 2.45. The lowest BCUT2D eigenvalue weighted by Crippen LogP contribution is -2.33. The molecule has 2 atom stereocenters. The number of nitrogens with two attached hydrogens (primary N) is 1. The zero-order valence-corrected chi connectivity index (χ0v) is 9.09. The zero-order valence-electron chi connectivity index (χ0n) is 9.09. The highest BCUT2D eigenvalue weighted by Gasteiger charge is 2.38. The molecule has 1 fully saturated rings. The van der Waals surface area contributed by atoms with Gasteiger partial charge in [-0.2, -0.15) is 4.98 Å². The fraction of sp³-hybridized carbons (Fsp3) is 0.556. The molecule has 1 saturated heterocycles. The first-order chi connectivity index (χ1) is 7.95. The summed E-state index contributed by atoms with van der Waals surface area (Å²) in [5.41, 5.74) is 4.42. The summed E-state index contributed by atoms with van der Waals surface area (Å²) < 4.78 is 24.6. The highest BCUT2D eigenvalue weighted by molar-refractivity contribution is 5.26. The number of anilines is 1. The molecule has 0 radical (unpaired) electrons. The minimum absolute atomic E-state index is 0.0159. The summed E-state index contributed by atoms with van der Waals surface area (Å²) in [6, 6.07) is 0. The molecule has 1 aromatic heterocycles. The molecular formula is C9H12FN3O4. The lowest BCUT2D eigenvalue weighted by Gasteiger charge is -2.20. The summed E-state index contributed by atoms with van der Waals surface area (Å²) >= 11 is 0. The molecular weight excluding hydrogens is 233 g/mol. The van der Waals surface area contributed by atoms with E-state index >= 15 is 0 Å². The molecule has 7 nitrogen and oxygen atoms in total. The molecule has 0 unspecified atom stereocenters. The fourth-order valence-electron chi connectivity index (χ4n) is 1.49. The number of aromatic nitrogens is 2. The van der Waals surface area contributed by atoms with Crippen LogP contribution >= 0.6 is 0 Å². The quantitative estimate of drug-likeness (QED) is 0.709. The first kappa shape index (κ1) is 12.0. The van der Waals surface area contributed by atoms with Crippen molar-refractivity contribution in [3.05, 3.63) is 22.5 Å². The van der Waals surface area contributed by atoms with Gasteiger partial charge in [0.15, 0.2) is 23.7 Å². The highest BCUT2D eigenvalue weighted by atomic mass is 19.1. The lowest BCUT2D eigenvalue weighted by molar-refractivity contribution is -0.186. The monoisotopic (exact) mass is 245 g/mol. The molecule has 1 aromatic rings. The summed E-state index contributed by atoms with van der Waals surface area (Å²) in [5, 5.41) is 9.01. The number of ether oxygens (including phenoxy) is 2. The van der Waals surface area contributed by atoms with Gasteiger partial charge in [0.05, 0.1) is 19.4 Å². The predicted molar refractivity (Wildman–Crippen MR) is 54.4 cm³/mol. The van der Waals surface area contributed by atoms with Crippen molar-refractivity contribution < 1.29 is 19.0 Å². The number of rotatable bonds is 2. The second-order valence-electron chi connectivity index (χ2n) is 3.84. The molecule has 8 heteroatoms. The molecule has 2 heterocycles. The average molecular weight is 245 g/mol. The summed E-state index contributed by atoms with van der Waals surface area (Å²) in [6.45, 7) is 1.16. The maximum atomic E-state index is 13.2. The van der Waals surface area contributed by atoms with Gasteiger partial charge >= 0.3 is 5.69 Å². The molecule has 1 aliphatic rings. The Morgan fingerprint density at radius 2 is 2.53 bits per heavy atom. The van der Waals surface area contributed by atoms with Crippen molar-refractivity contribution in [2.45, 2.75) is 18.9 Å². The molecule has 0 saturated carbocycles. The van der Waals surface area contributed by atoms with Crippen molar-refractivity contribution in [3.63, 3.8) is 0 Å². The van der Waals surface area contributed by atoms with Crippen LogP contribution in [0, 0.1) is 5.82 Å². The average Bonchev–Trinajstić information content (AvgIpc) is 2.67. The third kappa shape index (κ3) is 2.14. The van der Waals surface area contributed by atoms with Gasteiger partial charge in [0, 0.05) is 0 Å². The van der Waals surface area contributed by atoms with Crippen LogP contribution < -0.4 is 11.4 Å². The smallest absolute Gasteiger partial charge is 0.351 e. The van der Waals surface area contributed by atoms with Crippen molar-refractivity contribution in [2.75, 3.05) is 18.9 Å². The Hall–Kier alpha value is -1.51. The van der Waals surface area contributed by atoms with Gasteiger partial charge in [0.1, 0.15) is 0 Å². The Labute approximate surface area is 95.6 Å². The van der Waals surface area contributed by atoms with Crippen molar-refractivity contribution in [3.8, 4) is 0 Å². The van der Waals surface area contributed by atoms with Crippen molar-refractivity contribution in [1.82, 2.24) is 9.55 Å². The molecule has 0 bridgehead atoms. The zero-order chi connectivity index (χ0) is 12.6. The van der Waals surface area contributed by atoms with E-state index in [1.165, 1.54) is 6.92 Å². The number of hydrogen-bond acceptors (Lipinski definition) is 6. The van der Waals surface area contributed by atoms with Gasteiger partial charge in [-0.05, 0) is 6.92 Å². The van der Waals surface area contributed by atoms with E-state index in [0.29, 0.717) is 0 Å². The van der Waals surface area contributed by atoms with Crippen LogP contribution in [0.5, 0.6) is 0 Å². The third-order valence-corrected chi connectivity index (χ3v) is 2.45. The maximum absolute atomic E-state index is 13.2. The van der Waals surface area contributed by atoms with E-state index in [1.54, 1.807) is 0 Å². The minimum atomic E-state index is -1.19. The summed E-state index contributed by atoms with van der Waals surface area (Å²) in [4.78, 5) is 14.8. The van der Waals surface area contributed by atoms with Crippen LogP contribution in [0.3, 0.4) is 0 Å². The summed E-state index contributed by atoms with van der Waals surface area (Å²) in [7, 11) is 0. The van der Waals surface area contributed by atoms with Gasteiger partial charge in [-0.15, -0.1) is 0 Å². The van der Waals surface area contributed by atoms with Crippen molar-refractivity contribution >= 4 is 5.82 Å². The van der Waals surface area contributed by atoms with E-state index < -0.39 is 29.3 Å². The Balaban J connectivity index is 2.31. The Morgan fingerprint density at radius 3 is 3.12 bits per heavy atom. The first-order valence-corrected chi connectivity index (χ1v) is 4.92. The van der Waals surface area contributed by atoms with Gasteiger partial charge in [-0.25, -0.2) is 9.18 Å². The van der Waals surface area contributed by atoms with Crippen LogP contribution in [-0.2, 0) is 9.47 Å². The standard InChI is InChI=1S/C9H12FN3O4/c1-9(4-14)16-3-6(17-9)13-2-5(10)7(11)12-8(13)15/h2,6,14H,3-4H2,1H3,(H2,11,12,15)/t6-,9-/m0/s1. The van der Waals surface area contributed by atoms with E-state index in [2.05, 4.69) is 4.98 Å². The lowest BCUT2D eigenvalue weighted by atomic mass is 10.4. The molecule has 0 spiro atoms. The van der Waals surface area contributed by atoms with Crippen LogP contribution in [0.2, 0.25) is 0 Å². The summed E-state index contributed by atoms with van der Waals surface area (Å²) in [5.74, 6) is -2.47. The number of aliphatic hydroxyl groups is 1. The van der Waals surface area contributed by atoms with E-state index in [0.717, 1.165) is 10.8 Å². The Bertz CT molecular complexity index is 492. The maximum Gasteiger partial charge on any atom is 0.351 e. The van der Waals surface area contributed by atoms with Gasteiger partial charge in [0.2, 0.25) is 0 Å². The normalized spacial score (nSPS) is 28.5. The number of hydrogen-bond donors (Lipinski definition) is 2. The summed E-state index contributed by atoms with van der Waals surface area (Å²) in [6.07, 6.45) is 0.0733. The largest absolute Gasteiger partial charge is 0.391 e. The highest BCUT2D eigenvalue weighted by Crippen LogP contribution is 2.28. The van der Waals surface area contributed by atoms with Gasteiger partial charge < -0.3 is 20.3 Å². The first-order valence-electron chi connectivity index (χ1n) is 4.92. The van der Waals surface area contributed by atoms with Crippen LogP contribution in [0.25, 0.3) is 0 Å². The van der Waals surface area contributed by atoms with E-state index in [4.69, 9.17) is 20.3 Å². The van der Waals surface area contributed by atoms with Gasteiger partial charge in [-0.3, -0.25) is 4.57 Å². The van der Waals surface area contributed by atoms with Crippen LogP contribution in [0.15, 0.2) is 11.0 Å². The van der Waals surface area contributed by atoms with E-state index in [9.17, 15) is 9.18 Å². The molecule has 0 amide bonds. The molecule has 2 rings (SSSR count). The molecule has 17 heavy (non-hydrogen) atoms. The van der Waals surface area contributed by atoms with Crippen molar-refractivity contribution in [1.29, 1.82) is 0 Å². The van der Waals surface area contributed by atoms with E-state index in [1.807, 2.05) is 0 Å². The van der Waals surface area contributed by atoms with Gasteiger partial charge in [-0.1, -0.05) is 0 Å². The number of halogens is 1. The van der Waals surface area contributed by atoms with Crippen LogP contribution in [-0.4, -0.2) is 33.7 Å². The Kier molecular flexibility index (Phi) is 2.86. The minimum Gasteiger partial charge on any atom is -0.391 e. The number of nitrogen functional groups attached to an aromatic ring is 1. The molecule has 0 aliphatic carbocycles. The second-order valence-corrected chi connectivity index (χ2v) is 3.84. The predicted octanol–water partition coefficient (Wildman–Crippen LogP) is -0.782. The molecule has 3 N–H and O–H groups in total. The fourth-order valence-corrected chi connectivity index (χ4v) is 1.49. The topological polar surface area (TPSA) is 99.6 Å². The molecule has 1 aliphatic heterocycles. The van der Waals surface area contributed by atoms with Crippen LogP contribution in [0.1, 0.15) is 13.2 Å². The van der Waals surface area contributed by atoms with Crippen LogP contribution in [0.4, 0.5) is 10.2 Å². The molecule has 0 aromatic carbocycles. The molecule has 94 valence electrons. The van der Waals surface area contributed by atoms with Crippen molar-refractivity contribution in [2.24, 2.45) is 0 Å². The van der Waals surface area contributed by atoms with E-state index in [-0.39, 0.29) is 13.2 Å². The SMILES string of the molecule is C[C@]1(CO)OC[C@@H](n2cc(F)c(N)nc2=O)O1. The van der Waals surface area contributed by atoms with Gasteiger partial charge in [0.25, 0.3) is 0 Å². The Morgan fingerprint density at radius 1 is 1.82 bits per heavy atom. The number of aliphatic hydroxyl groups excluding tert-OH is 1. The number of nitrogens with zero attached hydrogens (tertiary/aromatic N) is 2. The second kappa shape index (κ2) is 4.06.